The van der Waals surface area contributed by atoms with Crippen LogP contribution in [0.1, 0.15) is 9.67 Å². The number of amides is 1. The fourth-order valence-electron chi connectivity index (χ4n) is 2.43. The summed E-state index contributed by atoms with van der Waals surface area (Å²) in [6.45, 7) is 0. The molecule has 2 aromatic carbocycles. The molecule has 0 bridgehead atoms. The Morgan fingerprint density at radius 1 is 1.12 bits per heavy atom. The standard InChI is InChI=1S/C16H7F2N3O3S2/c17-8-5-10(18)14-12(6-8)26-16(19-14)20-15(22)13-4-7-3-9(21(23)24)1-2-11(7)25-13/h1-6H,(H,19,20,22). The van der Waals surface area contributed by atoms with Crippen LogP contribution in [0, 0.1) is 21.7 Å². The number of halogens is 2. The van der Waals surface area contributed by atoms with Gasteiger partial charge in [-0.05, 0) is 18.2 Å². The molecule has 1 amide bonds. The van der Waals surface area contributed by atoms with Gasteiger partial charge in [-0.15, -0.1) is 11.3 Å². The Labute approximate surface area is 151 Å². The molecule has 0 spiro atoms. The van der Waals surface area contributed by atoms with Gasteiger partial charge in [0.1, 0.15) is 11.3 Å². The number of hydrogen-bond donors (Lipinski definition) is 1. The molecule has 0 unspecified atom stereocenters. The minimum atomic E-state index is -0.800. The molecule has 10 heteroatoms. The first-order valence-corrected chi connectivity index (χ1v) is 8.79. The number of nitro benzene ring substituents is 1. The molecule has 0 atom stereocenters. The third kappa shape index (κ3) is 2.89. The van der Waals surface area contributed by atoms with Crippen molar-refractivity contribution in [2.24, 2.45) is 0 Å². The summed E-state index contributed by atoms with van der Waals surface area (Å²) in [6, 6.07) is 7.74. The molecular formula is C16H7F2N3O3S2. The number of rotatable bonds is 3. The number of thiazole rings is 1. The van der Waals surface area contributed by atoms with Crippen LogP contribution < -0.4 is 5.32 Å². The Morgan fingerprint density at radius 3 is 2.69 bits per heavy atom. The van der Waals surface area contributed by atoms with Crippen molar-refractivity contribution in [3.63, 3.8) is 0 Å². The number of nitro groups is 1. The zero-order valence-electron chi connectivity index (χ0n) is 12.7. The van der Waals surface area contributed by atoms with Crippen molar-refractivity contribution in [2.45, 2.75) is 0 Å². The second kappa shape index (κ2) is 6.07. The molecule has 0 aliphatic heterocycles. The summed E-state index contributed by atoms with van der Waals surface area (Å²) in [4.78, 5) is 27.0. The van der Waals surface area contributed by atoms with Gasteiger partial charge in [-0.3, -0.25) is 20.2 Å². The van der Waals surface area contributed by atoms with Crippen molar-refractivity contribution in [3.05, 3.63) is 63.0 Å². The molecule has 4 rings (SSSR count). The topological polar surface area (TPSA) is 85.1 Å². The summed E-state index contributed by atoms with van der Waals surface area (Å²) in [5, 5.41) is 14.1. The van der Waals surface area contributed by atoms with Crippen molar-refractivity contribution in [2.75, 3.05) is 5.32 Å². The summed E-state index contributed by atoms with van der Waals surface area (Å²) < 4.78 is 28.0. The smallest absolute Gasteiger partial charge is 0.270 e. The van der Waals surface area contributed by atoms with Gasteiger partial charge in [0, 0.05) is 28.3 Å². The quantitative estimate of drug-likeness (QED) is 0.396. The van der Waals surface area contributed by atoms with E-state index in [4.69, 9.17) is 0 Å². The van der Waals surface area contributed by atoms with E-state index in [1.54, 1.807) is 6.07 Å². The van der Waals surface area contributed by atoms with Crippen molar-refractivity contribution in [3.8, 4) is 0 Å². The first kappa shape index (κ1) is 16.5. The number of aromatic nitrogens is 1. The Kier molecular flexibility index (Phi) is 3.85. The zero-order valence-corrected chi connectivity index (χ0v) is 14.3. The molecule has 0 radical (unpaired) electrons. The molecule has 4 aromatic rings. The van der Waals surface area contributed by atoms with Gasteiger partial charge in [0.25, 0.3) is 11.6 Å². The van der Waals surface area contributed by atoms with Gasteiger partial charge in [0.05, 0.1) is 14.5 Å². The van der Waals surface area contributed by atoms with Crippen LogP contribution >= 0.6 is 22.7 Å². The molecule has 130 valence electrons. The molecule has 1 N–H and O–H groups in total. The van der Waals surface area contributed by atoms with Gasteiger partial charge in [-0.2, -0.15) is 0 Å². The predicted octanol–water partition coefficient (Wildman–Crippen LogP) is 4.95. The van der Waals surface area contributed by atoms with Crippen molar-refractivity contribution in [1.29, 1.82) is 0 Å². The second-order valence-electron chi connectivity index (χ2n) is 5.30. The minimum absolute atomic E-state index is 0.0151. The second-order valence-corrected chi connectivity index (χ2v) is 7.41. The number of non-ortho nitro benzene ring substituents is 1. The van der Waals surface area contributed by atoms with E-state index in [2.05, 4.69) is 10.3 Å². The number of benzene rings is 2. The van der Waals surface area contributed by atoms with Crippen LogP contribution in [0.15, 0.2) is 36.4 Å². The molecule has 2 heterocycles. The van der Waals surface area contributed by atoms with E-state index in [0.717, 1.165) is 28.2 Å². The van der Waals surface area contributed by atoms with Crippen molar-refractivity contribution >= 4 is 59.7 Å². The number of nitrogens with one attached hydrogen (secondary N) is 1. The van der Waals surface area contributed by atoms with Gasteiger partial charge in [0.2, 0.25) is 0 Å². The number of anilines is 1. The van der Waals surface area contributed by atoms with E-state index in [9.17, 15) is 23.7 Å². The normalized spacial score (nSPS) is 11.2. The van der Waals surface area contributed by atoms with Crippen LogP contribution in [0.4, 0.5) is 19.6 Å². The van der Waals surface area contributed by atoms with E-state index in [0.29, 0.717) is 10.3 Å². The number of thiophene rings is 1. The number of carbonyl (C=O) groups is 1. The summed E-state index contributed by atoms with van der Waals surface area (Å²) in [7, 11) is 0. The van der Waals surface area contributed by atoms with Crippen LogP contribution in [-0.4, -0.2) is 15.8 Å². The number of hydrogen-bond acceptors (Lipinski definition) is 6. The highest BCUT2D eigenvalue weighted by atomic mass is 32.1. The molecule has 0 fully saturated rings. The average molecular weight is 391 g/mol. The van der Waals surface area contributed by atoms with E-state index in [-0.39, 0.29) is 21.0 Å². The maximum Gasteiger partial charge on any atom is 0.270 e. The third-order valence-corrected chi connectivity index (χ3v) is 5.60. The molecule has 0 aliphatic rings. The first-order chi connectivity index (χ1) is 12.4. The highest BCUT2D eigenvalue weighted by Gasteiger charge is 2.16. The lowest BCUT2D eigenvalue weighted by atomic mass is 10.2. The summed E-state index contributed by atoms with van der Waals surface area (Å²) >= 11 is 2.12. The van der Waals surface area contributed by atoms with Crippen LogP contribution in [0.25, 0.3) is 20.3 Å². The SMILES string of the molecule is O=C(Nc1nc2c(F)cc(F)cc2s1)c1cc2cc([N+](=O)[O-])ccc2s1. The fourth-order valence-corrected chi connectivity index (χ4v) is 4.26. The van der Waals surface area contributed by atoms with Crippen LogP contribution in [-0.2, 0) is 0 Å². The highest BCUT2D eigenvalue weighted by Crippen LogP contribution is 2.31. The Balaban J connectivity index is 1.64. The molecule has 0 saturated carbocycles. The lowest BCUT2D eigenvalue weighted by Gasteiger charge is -1.96. The predicted molar refractivity (Wildman–Crippen MR) is 96.0 cm³/mol. The molecular weight excluding hydrogens is 384 g/mol. The Morgan fingerprint density at radius 2 is 1.92 bits per heavy atom. The summed E-state index contributed by atoms with van der Waals surface area (Å²) in [6.07, 6.45) is 0. The van der Waals surface area contributed by atoms with Crippen LogP contribution in [0.5, 0.6) is 0 Å². The van der Waals surface area contributed by atoms with E-state index < -0.39 is 22.5 Å². The van der Waals surface area contributed by atoms with E-state index in [1.807, 2.05) is 0 Å². The number of carbonyl (C=O) groups excluding carboxylic acids is 1. The van der Waals surface area contributed by atoms with Crippen LogP contribution in [0.3, 0.4) is 0 Å². The minimum Gasteiger partial charge on any atom is -0.297 e. The summed E-state index contributed by atoms with van der Waals surface area (Å²) in [5.41, 5.74) is -0.0791. The summed E-state index contributed by atoms with van der Waals surface area (Å²) in [5.74, 6) is -2.00. The Bertz CT molecular complexity index is 1200. The third-order valence-electron chi connectivity index (χ3n) is 3.57. The average Bonchev–Trinajstić information content (AvgIpc) is 3.17. The maximum atomic E-state index is 13.7. The molecule has 0 saturated heterocycles. The highest BCUT2D eigenvalue weighted by molar-refractivity contribution is 7.23. The maximum absolute atomic E-state index is 13.7. The first-order valence-electron chi connectivity index (χ1n) is 7.15. The van der Waals surface area contributed by atoms with Gasteiger partial charge in [-0.25, -0.2) is 13.8 Å². The van der Waals surface area contributed by atoms with Gasteiger partial charge >= 0.3 is 0 Å². The monoisotopic (exact) mass is 391 g/mol. The zero-order chi connectivity index (χ0) is 18.4. The van der Waals surface area contributed by atoms with Gasteiger partial charge < -0.3 is 0 Å². The van der Waals surface area contributed by atoms with E-state index in [1.165, 1.54) is 29.5 Å². The molecule has 6 nitrogen and oxygen atoms in total. The molecule has 2 aromatic heterocycles. The van der Waals surface area contributed by atoms with Crippen LogP contribution in [0.2, 0.25) is 0 Å². The van der Waals surface area contributed by atoms with Gasteiger partial charge in [0.15, 0.2) is 10.9 Å². The molecule has 0 aliphatic carbocycles. The Hall–Kier alpha value is -2.98. The molecule has 26 heavy (non-hydrogen) atoms. The van der Waals surface area contributed by atoms with Crippen molar-refractivity contribution < 1.29 is 18.5 Å². The van der Waals surface area contributed by atoms with E-state index >= 15 is 0 Å². The lowest BCUT2D eigenvalue weighted by molar-refractivity contribution is -0.384. The fraction of sp³-hybridized carbons (Fsp3) is 0. The van der Waals surface area contributed by atoms with Gasteiger partial charge in [-0.1, -0.05) is 11.3 Å². The number of fused-ring (bicyclic) bond motifs is 2. The van der Waals surface area contributed by atoms with Crippen molar-refractivity contribution in [1.82, 2.24) is 4.98 Å². The largest absolute Gasteiger partial charge is 0.297 e. The lowest BCUT2D eigenvalue weighted by Crippen LogP contribution is -2.09. The number of nitrogens with zero attached hydrogens (tertiary/aromatic N) is 2.